The van der Waals surface area contributed by atoms with Gasteiger partial charge in [-0.15, -0.1) is 11.3 Å². The van der Waals surface area contributed by atoms with Crippen LogP contribution in [0.4, 0.5) is 5.13 Å². The molecule has 1 aromatic heterocycles. The van der Waals surface area contributed by atoms with Gasteiger partial charge in [0.25, 0.3) is 10.0 Å². The van der Waals surface area contributed by atoms with Crippen molar-refractivity contribution in [2.75, 3.05) is 17.4 Å². The Kier molecular flexibility index (Phi) is 5.39. The molecule has 1 aliphatic rings. The van der Waals surface area contributed by atoms with Crippen LogP contribution < -0.4 is 4.31 Å². The maximum Gasteiger partial charge on any atom is 0.266 e. The number of rotatable bonds is 5. The van der Waals surface area contributed by atoms with Gasteiger partial charge >= 0.3 is 0 Å². The van der Waals surface area contributed by atoms with Crippen molar-refractivity contribution in [2.45, 2.75) is 37.1 Å². The van der Waals surface area contributed by atoms with E-state index in [0.29, 0.717) is 11.7 Å². The van der Waals surface area contributed by atoms with Crippen LogP contribution in [0.5, 0.6) is 0 Å². The molecule has 1 saturated heterocycles. The fraction of sp³-hybridized carbons (Fsp3) is 0.412. The zero-order valence-corrected chi connectivity index (χ0v) is 15.7. The average molecular weight is 380 g/mol. The lowest BCUT2D eigenvalue weighted by Crippen LogP contribution is -2.48. The summed E-state index contributed by atoms with van der Waals surface area (Å²) < 4.78 is 27.2. The Morgan fingerprint density at radius 1 is 1.32 bits per heavy atom. The molecule has 25 heavy (non-hydrogen) atoms. The summed E-state index contributed by atoms with van der Waals surface area (Å²) >= 11 is 1.21. The summed E-state index contributed by atoms with van der Waals surface area (Å²) in [6, 6.07) is 8.29. The van der Waals surface area contributed by atoms with Gasteiger partial charge in [-0.3, -0.25) is 4.79 Å². The molecule has 0 aliphatic carbocycles. The number of thiazole rings is 1. The predicted molar refractivity (Wildman–Crippen MR) is 98.1 cm³/mol. The van der Waals surface area contributed by atoms with E-state index in [0.717, 1.165) is 23.6 Å². The quantitative estimate of drug-likeness (QED) is 0.801. The number of benzene rings is 1. The molecule has 0 radical (unpaired) electrons. The molecule has 6 nitrogen and oxygen atoms in total. The first kappa shape index (κ1) is 17.9. The number of likely N-dealkylation sites (tertiary alicyclic amines) is 1. The molecule has 0 saturated carbocycles. The van der Waals surface area contributed by atoms with Crippen LogP contribution in [0.25, 0.3) is 0 Å². The fourth-order valence-corrected chi connectivity index (χ4v) is 5.26. The van der Waals surface area contributed by atoms with Crippen molar-refractivity contribution in [1.29, 1.82) is 0 Å². The van der Waals surface area contributed by atoms with Crippen molar-refractivity contribution >= 4 is 32.4 Å². The van der Waals surface area contributed by atoms with E-state index in [-0.39, 0.29) is 23.4 Å². The van der Waals surface area contributed by atoms with E-state index in [1.54, 1.807) is 34.7 Å². The van der Waals surface area contributed by atoms with Gasteiger partial charge in [0, 0.05) is 24.2 Å². The zero-order chi connectivity index (χ0) is 17.9. The molecule has 0 unspecified atom stereocenters. The fourth-order valence-electron chi connectivity index (χ4n) is 3.00. The minimum atomic E-state index is -3.84. The summed E-state index contributed by atoms with van der Waals surface area (Å²) in [5.74, 6) is -0.179. The van der Waals surface area contributed by atoms with E-state index < -0.39 is 10.0 Å². The maximum atomic E-state index is 13.1. The Morgan fingerprint density at radius 3 is 2.72 bits per heavy atom. The Balaban J connectivity index is 1.90. The summed E-state index contributed by atoms with van der Waals surface area (Å²) in [4.78, 5) is 18.8. The van der Waals surface area contributed by atoms with E-state index in [1.807, 2.05) is 6.92 Å². The van der Waals surface area contributed by atoms with Crippen molar-refractivity contribution in [3.63, 3.8) is 0 Å². The molecule has 134 valence electrons. The van der Waals surface area contributed by atoms with Crippen LogP contribution in [0, 0.1) is 0 Å². The second-order valence-corrected chi connectivity index (χ2v) is 8.81. The molecule has 1 atom stereocenters. The van der Waals surface area contributed by atoms with Gasteiger partial charge in [0.15, 0.2) is 5.13 Å². The molecular weight excluding hydrogens is 358 g/mol. The summed E-state index contributed by atoms with van der Waals surface area (Å²) in [6.45, 7) is 2.46. The van der Waals surface area contributed by atoms with Gasteiger partial charge in [-0.05, 0) is 38.3 Å². The summed E-state index contributed by atoms with van der Waals surface area (Å²) in [6.07, 6.45) is 4.55. The van der Waals surface area contributed by atoms with E-state index in [1.165, 1.54) is 23.5 Å². The highest BCUT2D eigenvalue weighted by molar-refractivity contribution is 7.93. The van der Waals surface area contributed by atoms with Crippen molar-refractivity contribution in [3.8, 4) is 0 Å². The molecule has 1 aromatic carbocycles. The number of hydrogen-bond acceptors (Lipinski definition) is 5. The lowest BCUT2D eigenvalue weighted by atomic mass is 10.0. The van der Waals surface area contributed by atoms with Crippen LogP contribution >= 0.6 is 11.3 Å². The van der Waals surface area contributed by atoms with Gasteiger partial charge in [0.1, 0.15) is 6.54 Å². The zero-order valence-electron chi connectivity index (χ0n) is 14.0. The summed E-state index contributed by atoms with van der Waals surface area (Å²) in [7, 11) is -3.84. The van der Waals surface area contributed by atoms with E-state index >= 15 is 0 Å². The number of carbonyl (C=O) groups is 1. The number of anilines is 1. The van der Waals surface area contributed by atoms with Crippen LogP contribution in [0.3, 0.4) is 0 Å². The third-order valence-corrected chi connectivity index (χ3v) is 7.03. The van der Waals surface area contributed by atoms with Crippen LogP contribution in [0.15, 0.2) is 46.8 Å². The molecule has 8 heteroatoms. The minimum absolute atomic E-state index is 0.138. The normalized spacial score (nSPS) is 18.1. The number of piperidine rings is 1. The number of nitrogens with zero attached hydrogens (tertiary/aromatic N) is 3. The number of aromatic nitrogens is 1. The summed E-state index contributed by atoms with van der Waals surface area (Å²) in [5, 5.41) is 2.01. The monoisotopic (exact) mass is 379 g/mol. The Morgan fingerprint density at radius 2 is 2.08 bits per heavy atom. The lowest BCUT2D eigenvalue weighted by molar-refractivity contribution is -0.132. The highest BCUT2D eigenvalue weighted by Gasteiger charge is 2.32. The topological polar surface area (TPSA) is 70.6 Å². The molecule has 1 fully saturated rings. The molecule has 0 bridgehead atoms. The van der Waals surface area contributed by atoms with E-state index in [9.17, 15) is 13.2 Å². The second kappa shape index (κ2) is 7.53. The largest absolute Gasteiger partial charge is 0.338 e. The SMILES string of the molecule is C[C@@H]1CCCCN1C(=O)CN(c1nccs1)S(=O)(=O)c1ccccc1. The molecule has 3 rings (SSSR count). The number of amides is 1. The Bertz CT molecular complexity index is 807. The van der Waals surface area contributed by atoms with Gasteiger partial charge in [-0.25, -0.2) is 17.7 Å². The standard InChI is InChI=1S/C17H21N3O3S2/c1-14-7-5-6-11-19(14)16(21)13-20(17-18-10-12-24-17)25(22,23)15-8-3-2-4-9-15/h2-4,8-10,12,14H,5-7,11,13H2,1H3/t14-/m1/s1. The van der Waals surface area contributed by atoms with Crippen molar-refractivity contribution in [1.82, 2.24) is 9.88 Å². The average Bonchev–Trinajstić information content (AvgIpc) is 3.14. The molecule has 1 aliphatic heterocycles. The molecule has 2 heterocycles. The lowest BCUT2D eigenvalue weighted by Gasteiger charge is -2.34. The van der Waals surface area contributed by atoms with E-state index in [2.05, 4.69) is 4.98 Å². The van der Waals surface area contributed by atoms with Crippen molar-refractivity contribution in [3.05, 3.63) is 41.9 Å². The number of sulfonamides is 1. The van der Waals surface area contributed by atoms with Gasteiger partial charge in [-0.2, -0.15) is 0 Å². The first-order valence-corrected chi connectivity index (χ1v) is 10.6. The predicted octanol–water partition coefficient (Wildman–Crippen LogP) is 2.74. The molecule has 2 aromatic rings. The van der Waals surface area contributed by atoms with E-state index in [4.69, 9.17) is 0 Å². The Hall–Kier alpha value is -1.93. The Labute approximate surface area is 152 Å². The van der Waals surface area contributed by atoms with Crippen LogP contribution in [-0.4, -0.2) is 43.3 Å². The number of carbonyl (C=O) groups excluding carboxylic acids is 1. The molecule has 0 N–H and O–H groups in total. The smallest absolute Gasteiger partial charge is 0.266 e. The highest BCUT2D eigenvalue weighted by atomic mass is 32.2. The first-order valence-electron chi connectivity index (χ1n) is 8.27. The number of hydrogen-bond donors (Lipinski definition) is 0. The molecule has 1 amide bonds. The maximum absolute atomic E-state index is 13.1. The second-order valence-electron chi connectivity index (χ2n) is 6.07. The first-order chi connectivity index (χ1) is 12.0. The van der Waals surface area contributed by atoms with Crippen LogP contribution in [-0.2, 0) is 14.8 Å². The highest BCUT2D eigenvalue weighted by Crippen LogP contribution is 2.26. The third-order valence-electron chi connectivity index (χ3n) is 4.37. The van der Waals surface area contributed by atoms with Crippen LogP contribution in [0.1, 0.15) is 26.2 Å². The van der Waals surface area contributed by atoms with Crippen molar-refractivity contribution in [2.24, 2.45) is 0 Å². The third kappa shape index (κ3) is 3.85. The molecular formula is C17H21N3O3S2. The van der Waals surface area contributed by atoms with Gasteiger partial charge in [0.05, 0.1) is 4.90 Å². The van der Waals surface area contributed by atoms with Gasteiger partial charge in [0.2, 0.25) is 5.91 Å². The molecule has 0 spiro atoms. The van der Waals surface area contributed by atoms with Gasteiger partial charge < -0.3 is 4.90 Å². The van der Waals surface area contributed by atoms with Crippen LogP contribution in [0.2, 0.25) is 0 Å². The van der Waals surface area contributed by atoms with Gasteiger partial charge in [-0.1, -0.05) is 18.2 Å². The summed E-state index contributed by atoms with van der Waals surface area (Å²) in [5.41, 5.74) is 0. The van der Waals surface area contributed by atoms with Crippen molar-refractivity contribution < 1.29 is 13.2 Å². The minimum Gasteiger partial charge on any atom is -0.338 e.